The molecule has 0 spiro atoms. The average Bonchev–Trinajstić information content (AvgIpc) is 2.63. The number of benzene rings is 3. The van der Waals surface area contributed by atoms with Crippen molar-refractivity contribution in [2.75, 3.05) is 4.90 Å². The van der Waals surface area contributed by atoms with Gasteiger partial charge in [0.25, 0.3) is 0 Å². The third-order valence-corrected chi connectivity index (χ3v) is 4.19. The van der Waals surface area contributed by atoms with Crippen molar-refractivity contribution in [2.24, 2.45) is 0 Å². The highest BCUT2D eigenvalue weighted by Gasteiger charge is 2.10. The van der Waals surface area contributed by atoms with Crippen molar-refractivity contribution in [1.29, 1.82) is 0 Å². The highest BCUT2D eigenvalue weighted by Crippen LogP contribution is 2.23. The maximum Gasteiger partial charge on any atom is 0.150 e. The van der Waals surface area contributed by atoms with E-state index in [1.807, 2.05) is 31.2 Å². The van der Waals surface area contributed by atoms with Crippen molar-refractivity contribution in [2.45, 2.75) is 20.0 Å². The highest BCUT2D eigenvalue weighted by atomic mass is 16.1. The molecule has 0 unspecified atom stereocenters. The van der Waals surface area contributed by atoms with Crippen LogP contribution in [0.3, 0.4) is 0 Å². The lowest BCUT2D eigenvalue weighted by atomic mass is 10.1. The lowest BCUT2D eigenvalue weighted by molar-refractivity contribution is 0.112. The molecule has 0 saturated carbocycles. The minimum absolute atomic E-state index is 0.749. The molecule has 0 fully saturated rings. The molecule has 3 rings (SSSR count). The van der Waals surface area contributed by atoms with Gasteiger partial charge in [0.05, 0.1) is 0 Å². The Balaban J connectivity index is 1.93. The molecule has 2 heteroatoms. The molecule has 0 aliphatic heterocycles. The lowest BCUT2D eigenvalue weighted by Gasteiger charge is -2.26. The maximum absolute atomic E-state index is 11.3. The van der Waals surface area contributed by atoms with E-state index in [1.54, 1.807) is 0 Å². The van der Waals surface area contributed by atoms with Crippen LogP contribution >= 0.6 is 0 Å². The summed E-state index contributed by atoms with van der Waals surface area (Å²) >= 11 is 0. The summed E-state index contributed by atoms with van der Waals surface area (Å²) in [7, 11) is 0. The van der Waals surface area contributed by atoms with Gasteiger partial charge in [-0.2, -0.15) is 0 Å². The SMILES string of the molecule is Cc1ccc(N(Cc2ccccc2)Cc2ccccc2)cc1C=O. The zero-order chi connectivity index (χ0) is 16.8. The fourth-order valence-electron chi connectivity index (χ4n) is 2.80. The summed E-state index contributed by atoms with van der Waals surface area (Å²) in [6, 6.07) is 26.9. The Morgan fingerprint density at radius 3 is 1.83 bits per heavy atom. The Kier molecular flexibility index (Phi) is 5.07. The normalized spacial score (nSPS) is 10.4. The third-order valence-electron chi connectivity index (χ3n) is 4.19. The van der Waals surface area contributed by atoms with Crippen LogP contribution in [-0.2, 0) is 13.1 Å². The summed E-state index contributed by atoms with van der Waals surface area (Å²) < 4.78 is 0. The van der Waals surface area contributed by atoms with Gasteiger partial charge in [-0.05, 0) is 35.7 Å². The first-order valence-corrected chi connectivity index (χ1v) is 8.15. The molecule has 0 N–H and O–H groups in total. The molecule has 0 heterocycles. The van der Waals surface area contributed by atoms with Crippen molar-refractivity contribution in [3.63, 3.8) is 0 Å². The first-order valence-electron chi connectivity index (χ1n) is 8.15. The molecule has 0 radical (unpaired) electrons. The number of aldehydes is 1. The number of carbonyl (C=O) groups excluding carboxylic acids is 1. The molecule has 0 bridgehead atoms. The van der Waals surface area contributed by atoms with Crippen LogP contribution < -0.4 is 4.90 Å². The molecule has 0 aliphatic rings. The van der Waals surface area contributed by atoms with E-state index in [0.717, 1.165) is 36.2 Å². The Bertz CT molecular complexity index is 755. The monoisotopic (exact) mass is 315 g/mol. The minimum atomic E-state index is 0.749. The van der Waals surface area contributed by atoms with Crippen molar-refractivity contribution < 1.29 is 4.79 Å². The van der Waals surface area contributed by atoms with E-state index < -0.39 is 0 Å². The van der Waals surface area contributed by atoms with E-state index in [-0.39, 0.29) is 0 Å². The highest BCUT2D eigenvalue weighted by molar-refractivity contribution is 5.79. The average molecular weight is 315 g/mol. The summed E-state index contributed by atoms with van der Waals surface area (Å²) in [5, 5.41) is 0. The van der Waals surface area contributed by atoms with Gasteiger partial charge in [0.1, 0.15) is 6.29 Å². The Labute approximate surface area is 143 Å². The summed E-state index contributed by atoms with van der Waals surface area (Å²) in [5.41, 5.74) is 5.32. The first-order chi connectivity index (χ1) is 11.8. The topological polar surface area (TPSA) is 20.3 Å². The smallest absolute Gasteiger partial charge is 0.150 e. The second-order valence-electron chi connectivity index (χ2n) is 5.99. The van der Waals surface area contributed by atoms with E-state index in [2.05, 4.69) is 59.5 Å². The van der Waals surface area contributed by atoms with Gasteiger partial charge in [0.15, 0.2) is 0 Å². The number of nitrogens with zero attached hydrogens (tertiary/aromatic N) is 1. The lowest BCUT2D eigenvalue weighted by Crippen LogP contribution is -2.22. The fraction of sp³-hybridized carbons (Fsp3) is 0.136. The summed E-state index contributed by atoms with van der Waals surface area (Å²) in [4.78, 5) is 13.6. The van der Waals surface area contributed by atoms with Crippen LogP contribution in [0, 0.1) is 6.92 Å². The van der Waals surface area contributed by atoms with Gasteiger partial charge < -0.3 is 4.90 Å². The van der Waals surface area contributed by atoms with E-state index in [0.29, 0.717) is 0 Å². The van der Waals surface area contributed by atoms with Crippen molar-refractivity contribution in [3.8, 4) is 0 Å². The molecule has 0 saturated heterocycles. The van der Waals surface area contributed by atoms with Gasteiger partial charge in [0, 0.05) is 24.3 Å². The molecule has 0 aliphatic carbocycles. The van der Waals surface area contributed by atoms with Gasteiger partial charge in [-0.3, -0.25) is 4.79 Å². The molecule has 0 aromatic heterocycles. The van der Waals surface area contributed by atoms with Gasteiger partial charge in [0.2, 0.25) is 0 Å². The minimum Gasteiger partial charge on any atom is -0.363 e. The zero-order valence-electron chi connectivity index (χ0n) is 13.9. The third kappa shape index (κ3) is 3.90. The predicted molar refractivity (Wildman–Crippen MR) is 99.3 cm³/mol. The van der Waals surface area contributed by atoms with E-state index in [1.165, 1.54) is 11.1 Å². The van der Waals surface area contributed by atoms with Crippen LogP contribution in [0.4, 0.5) is 5.69 Å². The Morgan fingerprint density at radius 2 is 1.33 bits per heavy atom. The van der Waals surface area contributed by atoms with Gasteiger partial charge in [-0.15, -0.1) is 0 Å². The molecular weight excluding hydrogens is 294 g/mol. The van der Waals surface area contributed by atoms with Gasteiger partial charge >= 0.3 is 0 Å². The summed E-state index contributed by atoms with van der Waals surface area (Å²) in [6.45, 7) is 3.57. The van der Waals surface area contributed by atoms with E-state index >= 15 is 0 Å². The molecule has 0 atom stereocenters. The van der Waals surface area contributed by atoms with E-state index in [9.17, 15) is 4.79 Å². The second-order valence-corrected chi connectivity index (χ2v) is 5.99. The van der Waals surface area contributed by atoms with Crippen LogP contribution in [0.1, 0.15) is 27.0 Å². The van der Waals surface area contributed by atoms with Gasteiger partial charge in [-0.1, -0.05) is 66.7 Å². The summed E-state index contributed by atoms with van der Waals surface area (Å²) in [6.07, 6.45) is 0.933. The predicted octanol–water partition coefficient (Wildman–Crippen LogP) is 5.01. The van der Waals surface area contributed by atoms with Crippen LogP contribution in [0.15, 0.2) is 78.9 Å². The van der Waals surface area contributed by atoms with Crippen LogP contribution in [0.25, 0.3) is 0 Å². The Morgan fingerprint density at radius 1 is 0.792 bits per heavy atom. The Hall–Kier alpha value is -2.87. The number of carbonyl (C=O) groups is 1. The molecule has 2 nitrogen and oxygen atoms in total. The second kappa shape index (κ2) is 7.60. The maximum atomic E-state index is 11.3. The number of rotatable bonds is 6. The number of hydrogen-bond donors (Lipinski definition) is 0. The largest absolute Gasteiger partial charge is 0.363 e. The van der Waals surface area contributed by atoms with Crippen LogP contribution in [-0.4, -0.2) is 6.29 Å². The number of aryl methyl sites for hydroxylation is 1. The van der Waals surface area contributed by atoms with Crippen molar-refractivity contribution in [3.05, 3.63) is 101 Å². The first kappa shape index (κ1) is 16.0. The quantitative estimate of drug-likeness (QED) is 0.596. The van der Waals surface area contributed by atoms with Crippen LogP contribution in [0.2, 0.25) is 0 Å². The summed E-state index contributed by atoms with van der Waals surface area (Å²) in [5.74, 6) is 0. The molecule has 0 amide bonds. The zero-order valence-corrected chi connectivity index (χ0v) is 13.9. The molecule has 24 heavy (non-hydrogen) atoms. The van der Waals surface area contributed by atoms with Crippen LogP contribution in [0.5, 0.6) is 0 Å². The molecular formula is C22H21NO. The van der Waals surface area contributed by atoms with Gasteiger partial charge in [-0.25, -0.2) is 0 Å². The number of hydrogen-bond acceptors (Lipinski definition) is 2. The van der Waals surface area contributed by atoms with Crippen molar-refractivity contribution >= 4 is 12.0 Å². The standard InChI is InChI=1S/C22H21NO/c1-18-12-13-22(14-21(18)17-24)23(15-19-8-4-2-5-9-19)16-20-10-6-3-7-11-20/h2-14,17H,15-16H2,1H3. The number of anilines is 1. The van der Waals surface area contributed by atoms with Crippen molar-refractivity contribution in [1.82, 2.24) is 0 Å². The fourth-order valence-corrected chi connectivity index (χ4v) is 2.80. The molecule has 3 aromatic carbocycles. The van der Waals surface area contributed by atoms with E-state index in [4.69, 9.17) is 0 Å². The molecule has 3 aromatic rings. The molecule has 120 valence electrons.